The Balaban J connectivity index is 1.98. The molecule has 1 unspecified atom stereocenters. The maximum Gasteiger partial charge on any atom is 0.308 e. The van der Waals surface area contributed by atoms with E-state index in [-0.39, 0.29) is 5.92 Å². The predicted molar refractivity (Wildman–Crippen MR) is 67.9 cm³/mol. The molecule has 0 aromatic carbocycles. The van der Waals surface area contributed by atoms with Gasteiger partial charge in [-0.3, -0.25) is 9.69 Å². The third-order valence-electron chi connectivity index (χ3n) is 4.65. The fraction of sp³-hybridized carbons (Fsp3) is 0.929. The Morgan fingerprint density at radius 3 is 2.59 bits per heavy atom. The highest BCUT2D eigenvalue weighted by atomic mass is 16.4. The molecule has 1 aliphatic carbocycles. The SMILES string of the molecule is C[C@@H]1CN(C2CCCC(C)(C)C2)C[C@H]1C(=O)O. The number of nitrogens with zero attached hydrogens (tertiary/aromatic N) is 1. The van der Waals surface area contributed by atoms with Crippen molar-refractivity contribution in [1.29, 1.82) is 0 Å². The topological polar surface area (TPSA) is 40.5 Å². The van der Waals surface area contributed by atoms with E-state index in [1.807, 2.05) is 0 Å². The molecule has 3 nitrogen and oxygen atoms in total. The van der Waals surface area contributed by atoms with E-state index in [0.29, 0.717) is 17.4 Å². The number of hydrogen-bond donors (Lipinski definition) is 1. The Bertz CT molecular complexity index is 301. The first-order valence-electron chi connectivity index (χ1n) is 6.86. The van der Waals surface area contributed by atoms with Gasteiger partial charge in [0, 0.05) is 19.1 Å². The van der Waals surface area contributed by atoms with E-state index in [1.54, 1.807) is 0 Å². The maximum absolute atomic E-state index is 11.1. The summed E-state index contributed by atoms with van der Waals surface area (Å²) < 4.78 is 0. The fourth-order valence-corrected chi connectivity index (χ4v) is 3.59. The standard InChI is InChI=1S/C14H25NO2/c1-10-8-15(9-12(10)13(16)17)11-5-4-6-14(2,3)7-11/h10-12H,4-9H2,1-3H3,(H,16,17)/t10-,11?,12-/m1/s1. The van der Waals surface area contributed by atoms with Crippen molar-refractivity contribution in [2.75, 3.05) is 13.1 Å². The van der Waals surface area contributed by atoms with E-state index in [9.17, 15) is 9.90 Å². The fourth-order valence-electron chi connectivity index (χ4n) is 3.59. The molecular formula is C14H25NO2. The third kappa shape index (κ3) is 2.82. The van der Waals surface area contributed by atoms with Crippen LogP contribution in [0.15, 0.2) is 0 Å². The van der Waals surface area contributed by atoms with Crippen LogP contribution in [0.2, 0.25) is 0 Å². The van der Waals surface area contributed by atoms with Crippen LogP contribution in [-0.4, -0.2) is 35.1 Å². The Hall–Kier alpha value is -0.570. The van der Waals surface area contributed by atoms with Crippen molar-refractivity contribution < 1.29 is 9.90 Å². The Labute approximate surface area is 104 Å². The summed E-state index contributed by atoms with van der Waals surface area (Å²) in [6.45, 7) is 8.49. The minimum atomic E-state index is -0.616. The molecule has 1 aliphatic heterocycles. The van der Waals surface area contributed by atoms with Gasteiger partial charge in [-0.15, -0.1) is 0 Å². The lowest BCUT2D eigenvalue weighted by Gasteiger charge is -2.39. The number of aliphatic carboxylic acids is 1. The van der Waals surface area contributed by atoms with E-state index in [4.69, 9.17) is 0 Å². The molecule has 0 bridgehead atoms. The second kappa shape index (κ2) is 4.60. The number of carboxylic acids is 1. The molecule has 0 spiro atoms. The first-order chi connectivity index (χ1) is 7.89. The highest BCUT2D eigenvalue weighted by Gasteiger charge is 2.40. The van der Waals surface area contributed by atoms with Crippen LogP contribution in [0.25, 0.3) is 0 Å². The van der Waals surface area contributed by atoms with Gasteiger partial charge in [-0.2, -0.15) is 0 Å². The van der Waals surface area contributed by atoms with Gasteiger partial charge >= 0.3 is 5.97 Å². The Kier molecular flexibility index (Phi) is 3.48. The van der Waals surface area contributed by atoms with E-state index >= 15 is 0 Å². The summed E-state index contributed by atoms with van der Waals surface area (Å²) in [4.78, 5) is 13.6. The quantitative estimate of drug-likeness (QED) is 0.805. The summed E-state index contributed by atoms with van der Waals surface area (Å²) in [6.07, 6.45) is 5.09. The molecule has 0 radical (unpaired) electrons. The third-order valence-corrected chi connectivity index (χ3v) is 4.65. The molecule has 0 aromatic rings. The number of hydrogen-bond acceptors (Lipinski definition) is 2. The Morgan fingerprint density at radius 1 is 1.35 bits per heavy atom. The van der Waals surface area contributed by atoms with Crippen molar-refractivity contribution in [3.8, 4) is 0 Å². The first kappa shape index (κ1) is 12.9. The zero-order valence-electron chi connectivity index (χ0n) is 11.3. The van der Waals surface area contributed by atoms with Gasteiger partial charge in [0.25, 0.3) is 0 Å². The average Bonchev–Trinajstić information content (AvgIpc) is 2.59. The molecule has 0 amide bonds. The number of carbonyl (C=O) groups is 1. The van der Waals surface area contributed by atoms with Crippen molar-refractivity contribution in [3.63, 3.8) is 0 Å². The largest absolute Gasteiger partial charge is 0.481 e. The second-order valence-electron chi connectivity index (χ2n) is 6.79. The van der Waals surface area contributed by atoms with Crippen LogP contribution in [0, 0.1) is 17.3 Å². The minimum Gasteiger partial charge on any atom is -0.481 e. The van der Waals surface area contributed by atoms with Gasteiger partial charge in [0.05, 0.1) is 5.92 Å². The molecule has 3 atom stereocenters. The molecule has 2 aliphatic rings. The summed E-state index contributed by atoms with van der Waals surface area (Å²) in [7, 11) is 0. The molecule has 2 rings (SSSR count). The molecule has 1 saturated heterocycles. The highest BCUT2D eigenvalue weighted by molar-refractivity contribution is 5.71. The van der Waals surface area contributed by atoms with Gasteiger partial charge in [-0.1, -0.05) is 27.2 Å². The molecule has 1 N–H and O–H groups in total. The molecule has 1 heterocycles. The number of rotatable bonds is 2. The summed E-state index contributed by atoms with van der Waals surface area (Å²) >= 11 is 0. The normalized spacial score (nSPS) is 38.2. The van der Waals surface area contributed by atoms with Crippen molar-refractivity contribution in [2.45, 2.75) is 52.5 Å². The van der Waals surface area contributed by atoms with Crippen molar-refractivity contribution in [3.05, 3.63) is 0 Å². The van der Waals surface area contributed by atoms with Crippen LogP contribution in [0.4, 0.5) is 0 Å². The van der Waals surface area contributed by atoms with Gasteiger partial charge < -0.3 is 5.11 Å². The number of carboxylic acid groups (broad SMARTS) is 1. The second-order valence-corrected chi connectivity index (χ2v) is 6.79. The molecule has 0 aromatic heterocycles. The van der Waals surface area contributed by atoms with Crippen LogP contribution in [0.1, 0.15) is 46.5 Å². The van der Waals surface area contributed by atoms with Gasteiger partial charge in [-0.25, -0.2) is 0 Å². The zero-order valence-corrected chi connectivity index (χ0v) is 11.3. The smallest absolute Gasteiger partial charge is 0.308 e. The van der Waals surface area contributed by atoms with Gasteiger partial charge in [0.1, 0.15) is 0 Å². The van der Waals surface area contributed by atoms with Crippen molar-refractivity contribution >= 4 is 5.97 Å². The first-order valence-corrected chi connectivity index (χ1v) is 6.86. The lowest BCUT2D eigenvalue weighted by atomic mass is 9.75. The van der Waals surface area contributed by atoms with Crippen molar-refractivity contribution in [1.82, 2.24) is 4.90 Å². The van der Waals surface area contributed by atoms with Crippen LogP contribution in [0.3, 0.4) is 0 Å². The lowest BCUT2D eigenvalue weighted by Crippen LogP contribution is -2.40. The summed E-state index contributed by atoms with van der Waals surface area (Å²) in [5.41, 5.74) is 0.438. The Morgan fingerprint density at radius 2 is 2.06 bits per heavy atom. The summed E-state index contributed by atoms with van der Waals surface area (Å²) in [5, 5.41) is 9.18. The number of likely N-dealkylation sites (tertiary alicyclic amines) is 1. The minimum absolute atomic E-state index is 0.153. The average molecular weight is 239 g/mol. The highest BCUT2D eigenvalue weighted by Crippen LogP contribution is 2.39. The lowest BCUT2D eigenvalue weighted by molar-refractivity contribution is -0.142. The maximum atomic E-state index is 11.1. The van der Waals surface area contributed by atoms with Crippen molar-refractivity contribution in [2.24, 2.45) is 17.3 Å². The molecule has 3 heteroatoms. The van der Waals surface area contributed by atoms with Gasteiger partial charge in [0.15, 0.2) is 0 Å². The summed E-state index contributed by atoms with van der Waals surface area (Å²) in [6, 6.07) is 0.616. The van der Waals surface area contributed by atoms with E-state index in [0.717, 1.165) is 13.1 Å². The van der Waals surface area contributed by atoms with Gasteiger partial charge in [-0.05, 0) is 30.6 Å². The molecular weight excluding hydrogens is 214 g/mol. The molecule has 1 saturated carbocycles. The van der Waals surface area contributed by atoms with Crippen LogP contribution in [-0.2, 0) is 4.79 Å². The van der Waals surface area contributed by atoms with E-state index < -0.39 is 5.97 Å². The van der Waals surface area contributed by atoms with E-state index in [2.05, 4.69) is 25.7 Å². The van der Waals surface area contributed by atoms with Gasteiger partial charge in [0.2, 0.25) is 0 Å². The molecule has 98 valence electrons. The predicted octanol–water partition coefficient (Wildman–Crippen LogP) is 2.61. The zero-order chi connectivity index (χ0) is 12.6. The van der Waals surface area contributed by atoms with Crippen LogP contribution in [0.5, 0.6) is 0 Å². The summed E-state index contributed by atoms with van der Waals surface area (Å²) in [5.74, 6) is -0.465. The van der Waals surface area contributed by atoms with Crippen LogP contribution >= 0.6 is 0 Å². The van der Waals surface area contributed by atoms with E-state index in [1.165, 1.54) is 25.7 Å². The molecule has 17 heavy (non-hydrogen) atoms. The molecule has 2 fully saturated rings. The van der Waals surface area contributed by atoms with Crippen LogP contribution < -0.4 is 0 Å². The monoisotopic (exact) mass is 239 g/mol.